The van der Waals surface area contributed by atoms with E-state index in [0.717, 1.165) is 25.1 Å². The maximum absolute atomic E-state index is 12.2. The maximum atomic E-state index is 12.2. The van der Waals surface area contributed by atoms with Crippen LogP contribution in [0.15, 0.2) is 55.0 Å². The lowest BCUT2D eigenvalue weighted by atomic mass is 10.1. The number of nitrogens with zero attached hydrogens (tertiary/aromatic N) is 5. The summed E-state index contributed by atoms with van der Waals surface area (Å²) in [5, 5.41) is 10.9. The van der Waals surface area contributed by atoms with Gasteiger partial charge in [0.1, 0.15) is 0 Å². The van der Waals surface area contributed by atoms with Gasteiger partial charge in [-0.05, 0) is 42.3 Å². The molecule has 1 amide bonds. The Hall–Kier alpha value is -3.06. The number of hydrogen-bond acceptors (Lipinski definition) is 5. The molecule has 0 atom stereocenters. The smallest absolute Gasteiger partial charge is 0.273 e. The van der Waals surface area contributed by atoms with Crippen LogP contribution in [0.4, 0.5) is 0 Å². The van der Waals surface area contributed by atoms with Crippen LogP contribution in [0.2, 0.25) is 0 Å². The van der Waals surface area contributed by atoms with Crippen LogP contribution in [-0.4, -0.2) is 44.4 Å². The second kappa shape index (κ2) is 9.75. The van der Waals surface area contributed by atoms with E-state index in [-0.39, 0.29) is 5.91 Å². The largest absolute Gasteiger partial charge is 0.347 e. The molecule has 0 aliphatic carbocycles. The van der Waals surface area contributed by atoms with Crippen LogP contribution in [0.1, 0.15) is 34.1 Å². The van der Waals surface area contributed by atoms with Crippen molar-refractivity contribution in [3.8, 4) is 0 Å². The van der Waals surface area contributed by atoms with Crippen LogP contribution in [0.5, 0.6) is 0 Å². The van der Waals surface area contributed by atoms with Crippen molar-refractivity contribution in [1.82, 2.24) is 30.2 Å². The molecule has 0 saturated heterocycles. The highest BCUT2D eigenvalue weighted by molar-refractivity contribution is 5.91. The first kappa shape index (κ1) is 19.7. The second-order valence-electron chi connectivity index (χ2n) is 6.81. The lowest BCUT2D eigenvalue weighted by Crippen LogP contribution is -2.23. The third-order valence-electron chi connectivity index (χ3n) is 4.57. The second-order valence-corrected chi connectivity index (χ2v) is 6.81. The van der Waals surface area contributed by atoms with Crippen molar-refractivity contribution in [3.05, 3.63) is 77.4 Å². The minimum atomic E-state index is -0.229. The molecule has 28 heavy (non-hydrogen) atoms. The number of amides is 1. The van der Waals surface area contributed by atoms with E-state index in [2.05, 4.69) is 63.7 Å². The Labute approximate surface area is 165 Å². The fourth-order valence-electron chi connectivity index (χ4n) is 2.83. The average Bonchev–Trinajstić information content (AvgIpc) is 3.21. The van der Waals surface area contributed by atoms with Crippen LogP contribution >= 0.6 is 0 Å². The number of benzene rings is 1. The molecule has 0 saturated carbocycles. The molecule has 0 spiro atoms. The molecule has 0 aliphatic heterocycles. The van der Waals surface area contributed by atoms with E-state index in [1.54, 1.807) is 23.3 Å². The van der Waals surface area contributed by atoms with Crippen molar-refractivity contribution >= 4 is 5.91 Å². The van der Waals surface area contributed by atoms with Gasteiger partial charge in [-0.1, -0.05) is 36.4 Å². The molecule has 2 heterocycles. The number of rotatable bonds is 9. The van der Waals surface area contributed by atoms with Gasteiger partial charge in [-0.25, -0.2) is 0 Å². The van der Waals surface area contributed by atoms with Crippen LogP contribution in [0, 0.1) is 0 Å². The molecule has 0 unspecified atom stereocenters. The van der Waals surface area contributed by atoms with E-state index in [9.17, 15) is 4.79 Å². The number of carbonyl (C=O) groups is 1. The highest BCUT2D eigenvalue weighted by atomic mass is 16.2. The molecule has 146 valence electrons. The number of nitrogens with one attached hydrogen (secondary N) is 1. The molecule has 3 aromatic rings. The van der Waals surface area contributed by atoms with Gasteiger partial charge < -0.3 is 10.2 Å². The predicted octanol–water partition coefficient (Wildman–Crippen LogP) is 2.30. The lowest BCUT2D eigenvalue weighted by Gasteiger charge is -2.16. The zero-order valence-corrected chi connectivity index (χ0v) is 16.4. The molecule has 2 aromatic heterocycles. The molecular formula is C21H26N6O. The van der Waals surface area contributed by atoms with Gasteiger partial charge in [0.15, 0.2) is 5.69 Å². The molecular weight excluding hydrogens is 352 g/mol. The van der Waals surface area contributed by atoms with Gasteiger partial charge in [0.05, 0.1) is 12.7 Å². The number of likely N-dealkylation sites (N-methyl/N-ethyl adjacent to an activating group) is 1. The first-order valence-corrected chi connectivity index (χ1v) is 9.47. The van der Waals surface area contributed by atoms with Crippen molar-refractivity contribution in [3.63, 3.8) is 0 Å². The predicted molar refractivity (Wildman–Crippen MR) is 108 cm³/mol. The van der Waals surface area contributed by atoms with E-state index in [1.807, 2.05) is 12.1 Å². The normalized spacial score (nSPS) is 11.0. The summed E-state index contributed by atoms with van der Waals surface area (Å²) in [5.41, 5.74) is 3.95. The maximum Gasteiger partial charge on any atom is 0.273 e. The third kappa shape index (κ3) is 5.72. The summed E-state index contributed by atoms with van der Waals surface area (Å²) in [6, 6.07) is 12.4. The van der Waals surface area contributed by atoms with Gasteiger partial charge in [0, 0.05) is 32.0 Å². The molecule has 0 fully saturated rings. The fraction of sp³-hybridized carbons (Fsp3) is 0.333. The van der Waals surface area contributed by atoms with E-state index in [0.29, 0.717) is 18.8 Å². The Morgan fingerprint density at radius 1 is 1.07 bits per heavy atom. The monoisotopic (exact) mass is 378 g/mol. The van der Waals surface area contributed by atoms with Gasteiger partial charge in [-0.3, -0.25) is 14.5 Å². The molecule has 7 nitrogen and oxygen atoms in total. The molecule has 1 aromatic carbocycles. The fourth-order valence-corrected chi connectivity index (χ4v) is 2.83. The zero-order chi connectivity index (χ0) is 19.8. The van der Waals surface area contributed by atoms with E-state index >= 15 is 0 Å². The molecule has 3 rings (SSSR count). The van der Waals surface area contributed by atoms with Crippen molar-refractivity contribution in [2.75, 3.05) is 13.6 Å². The zero-order valence-electron chi connectivity index (χ0n) is 16.4. The van der Waals surface area contributed by atoms with Gasteiger partial charge >= 0.3 is 0 Å². The molecule has 0 aliphatic rings. The van der Waals surface area contributed by atoms with Gasteiger partial charge in [-0.2, -0.15) is 0 Å². The standard InChI is InChI=1S/C21H26N6O/c1-3-17-4-6-19(7-5-17)15-26(2)12-13-27-16-20(24-25-27)21(28)23-14-18-8-10-22-11-9-18/h4-11,16H,3,12-15H2,1-2H3,(H,23,28). The van der Waals surface area contributed by atoms with E-state index < -0.39 is 0 Å². The topological polar surface area (TPSA) is 75.9 Å². The average molecular weight is 378 g/mol. The van der Waals surface area contributed by atoms with Crippen molar-refractivity contribution in [2.45, 2.75) is 33.0 Å². The van der Waals surface area contributed by atoms with Crippen LogP contribution in [0.3, 0.4) is 0 Å². The summed E-state index contributed by atoms with van der Waals surface area (Å²) in [4.78, 5) is 18.4. The summed E-state index contributed by atoms with van der Waals surface area (Å²) in [5.74, 6) is -0.229. The highest BCUT2D eigenvalue weighted by Crippen LogP contribution is 2.07. The Balaban J connectivity index is 1.45. The first-order chi connectivity index (χ1) is 13.6. The number of aryl methyl sites for hydroxylation is 1. The van der Waals surface area contributed by atoms with Crippen LogP contribution in [0.25, 0.3) is 0 Å². The molecule has 0 radical (unpaired) electrons. The van der Waals surface area contributed by atoms with Crippen molar-refractivity contribution in [1.29, 1.82) is 0 Å². The van der Waals surface area contributed by atoms with Crippen LogP contribution < -0.4 is 5.32 Å². The third-order valence-corrected chi connectivity index (χ3v) is 4.57. The van der Waals surface area contributed by atoms with Gasteiger partial charge in [0.2, 0.25) is 0 Å². The SMILES string of the molecule is CCc1ccc(CN(C)CCn2cc(C(=O)NCc3ccncc3)nn2)cc1. The quantitative estimate of drug-likeness (QED) is 0.618. The Morgan fingerprint density at radius 3 is 2.50 bits per heavy atom. The van der Waals surface area contributed by atoms with E-state index in [4.69, 9.17) is 0 Å². The Bertz CT molecular complexity index is 875. The number of carbonyl (C=O) groups excluding carboxylic acids is 1. The number of hydrogen-bond donors (Lipinski definition) is 1. The minimum Gasteiger partial charge on any atom is -0.347 e. The van der Waals surface area contributed by atoms with Gasteiger partial charge in [-0.15, -0.1) is 5.10 Å². The summed E-state index contributed by atoms with van der Waals surface area (Å²) >= 11 is 0. The summed E-state index contributed by atoms with van der Waals surface area (Å²) in [6.07, 6.45) is 6.14. The highest BCUT2D eigenvalue weighted by Gasteiger charge is 2.11. The number of pyridine rings is 1. The Kier molecular flexibility index (Phi) is 6.86. The first-order valence-electron chi connectivity index (χ1n) is 9.47. The lowest BCUT2D eigenvalue weighted by molar-refractivity contribution is 0.0946. The number of aromatic nitrogens is 4. The summed E-state index contributed by atoms with van der Waals surface area (Å²) < 4.78 is 1.71. The molecule has 1 N–H and O–H groups in total. The minimum absolute atomic E-state index is 0.229. The molecule has 0 bridgehead atoms. The molecule has 7 heteroatoms. The Morgan fingerprint density at radius 2 is 1.79 bits per heavy atom. The van der Waals surface area contributed by atoms with Gasteiger partial charge in [0.25, 0.3) is 5.91 Å². The van der Waals surface area contributed by atoms with Crippen LogP contribution in [-0.2, 0) is 26.1 Å². The van der Waals surface area contributed by atoms with Crippen molar-refractivity contribution < 1.29 is 4.79 Å². The summed E-state index contributed by atoms with van der Waals surface area (Å²) in [6.45, 7) is 4.96. The van der Waals surface area contributed by atoms with E-state index in [1.165, 1.54) is 11.1 Å². The van der Waals surface area contributed by atoms with Crippen molar-refractivity contribution in [2.24, 2.45) is 0 Å². The summed E-state index contributed by atoms with van der Waals surface area (Å²) in [7, 11) is 2.08.